The van der Waals surface area contributed by atoms with Crippen molar-refractivity contribution in [1.29, 1.82) is 0 Å². The summed E-state index contributed by atoms with van der Waals surface area (Å²) in [6.45, 7) is 2.39. The average Bonchev–Trinajstić information content (AvgIpc) is 2.90. The number of rotatable bonds is 2. The zero-order chi connectivity index (χ0) is 18.9. The Morgan fingerprint density at radius 1 is 0.607 bits per heavy atom. The fraction of sp³-hybridized carbons (Fsp3) is 0.143. The van der Waals surface area contributed by atoms with Crippen molar-refractivity contribution < 1.29 is 0 Å². The summed E-state index contributed by atoms with van der Waals surface area (Å²) in [5, 5.41) is 0. The number of hydrogen-bond donors (Lipinski definition) is 0. The highest BCUT2D eigenvalue weighted by Crippen LogP contribution is 2.45. The molecule has 0 radical (unpaired) electrons. The summed E-state index contributed by atoms with van der Waals surface area (Å²) < 4.78 is 0. The van der Waals surface area contributed by atoms with Gasteiger partial charge in [-0.3, -0.25) is 0 Å². The molecule has 1 aliphatic carbocycles. The zero-order valence-corrected chi connectivity index (χ0v) is 16.2. The third-order valence-electron chi connectivity index (χ3n) is 6.23. The Kier molecular flexibility index (Phi) is 4.33. The van der Waals surface area contributed by atoms with Gasteiger partial charge < -0.3 is 0 Å². The van der Waals surface area contributed by atoms with Crippen LogP contribution in [0.4, 0.5) is 0 Å². The first-order valence-electron chi connectivity index (χ1n) is 10.1. The summed E-state index contributed by atoms with van der Waals surface area (Å²) in [6.07, 6.45) is 1.07. The minimum absolute atomic E-state index is 0.478. The SMILES string of the molecule is CC1c2ccccc2-c2cc(-c3ccccc3)ccc2CC1c1ccccc1. The summed E-state index contributed by atoms with van der Waals surface area (Å²) in [7, 11) is 0. The molecule has 1 aliphatic rings. The number of benzene rings is 4. The smallest absolute Gasteiger partial charge is 0.00549 e. The minimum Gasteiger partial charge on any atom is -0.0622 e. The van der Waals surface area contributed by atoms with Crippen LogP contribution in [0, 0.1) is 0 Å². The molecule has 0 heterocycles. The molecule has 28 heavy (non-hydrogen) atoms. The van der Waals surface area contributed by atoms with Crippen molar-refractivity contribution in [3.8, 4) is 22.3 Å². The Balaban J connectivity index is 1.69. The summed E-state index contributed by atoms with van der Waals surface area (Å²) >= 11 is 0. The van der Waals surface area contributed by atoms with Crippen molar-refractivity contribution in [2.75, 3.05) is 0 Å². The molecule has 0 N–H and O–H groups in total. The molecule has 0 bridgehead atoms. The van der Waals surface area contributed by atoms with Crippen LogP contribution in [0.25, 0.3) is 22.3 Å². The number of hydrogen-bond acceptors (Lipinski definition) is 0. The highest BCUT2D eigenvalue weighted by atomic mass is 14.3. The topological polar surface area (TPSA) is 0 Å². The second-order valence-electron chi connectivity index (χ2n) is 7.84. The van der Waals surface area contributed by atoms with Crippen LogP contribution in [0.5, 0.6) is 0 Å². The average molecular weight is 361 g/mol. The van der Waals surface area contributed by atoms with Gasteiger partial charge in [-0.25, -0.2) is 0 Å². The maximum Gasteiger partial charge on any atom is -0.00549 e. The lowest BCUT2D eigenvalue weighted by Gasteiger charge is -2.23. The summed E-state index contributed by atoms with van der Waals surface area (Å²) in [6, 6.07) is 37.7. The van der Waals surface area contributed by atoms with Crippen LogP contribution in [0.3, 0.4) is 0 Å². The second kappa shape index (κ2) is 7.13. The molecule has 0 saturated carbocycles. The molecule has 0 saturated heterocycles. The van der Waals surface area contributed by atoms with Crippen LogP contribution in [0.1, 0.15) is 35.4 Å². The Morgan fingerprint density at radius 3 is 2.07 bits per heavy atom. The lowest BCUT2D eigenvalue weighted by atomic mass is 9.80. The van der Waals surface area contributed by atoms with Crippen molar-refractivity contribution >= 4 is 0 Å². The predicted molar refractivity (Wildman–Crippen MR) is 119 cm³/mol. The van der Waals surface area contributed by atoms with Gasteiger partial charge in [0, 0.05) is 0 Å². The maximum atomic E-state index is 2.39. The quantitative estimate of drug-likeness (QED) is 0.348. The molecule has 2 unspecified atom stereocenters. The summed E-state index contributed by atoms with van der Waals surface area (Å²) in [4.78, 5) is 0. The first-order valence-corrected chi connectivity index (χ1v) is 10.1. The molecule has 4 aromatic rings. The van der Waals surface area contributed by atoms with E-state index in [-0.39, 0.29) is 0 Å². The van der Waals surface area contributed by atoms with Gasteiger partial charge >= 0.3 is 0 Å². The number of fused-ring (bicyclic) bond motifs is 3. The van der Waals surface area contributed by atoms with Crippen LogP contribution >= 0.6 is 0 Å². The third-order valence-corrected chi connectivity index (χ3v) is 6.23. The van der Waals surface area contributed by atoms with Gasteiger partial charge in [0.15, 0.2) is 0 Å². The molecule has 0 aromatic heterocycles. The van der Waals surface area contributed by atoms with Gasteiger partial charge in [-0.05, 0) is 63.3 Å². The first kappa shape index (κ1) is 17.0. The van der Waals surface area contributed by atoms with Gasteiger partial charge in [-0.15, -0.1) is 0 Å². The van der Waals surface area contributed by atoms with E-state index in [9.17, 15) is 0 Å². The molecular weight excluding hydrogens is 336 g/mol. The summed E-state index contributed by atoms with van der Waals surface area (Å²) in [5.41, 5.74) is 9.69. The second-order valence-corrected chi connectivity index (χ2v) is 7.84. The predicted octanol–water partition coefficient (Wildman–Crippen LogP) is 7.46. The molecule has 0 fully saturated rings. The molecular formula is C28H24. The van der Waals surface area contributed by atoms with Crippen LogP contribution in [0.2, 0.25) is 0 Å². The standard InChI is InChI=1S/C28H24/c1-20-25-14-8-9-15-26(25)28-18-23(21-10-4-2-5-11-21)16-17-24(28)19-27(20)22-12-6-3-7-13-22/h2-18,20,27H,19H2,1H3. The van der Waals surface area contributed by atoms with E-state index in [0.717, 1.165) is 6.42 Å². The fourth-order valence-corrected chi connectivity index (χ4v) is 4.69. The Morgan fingerprint density at radius 2 is 1.29 bits per heavy atom. The van der Waals surface area contributed by atoms with E-state index in [0.29, 0.717) is 11.8 Å². The van der Waals surface area contributed by atoms with Crippen LogP contribution < -0.4 is 0 Å². The third kappa shape index (κ3) is 2.96. The van der Waals surface area contributed by atoms with E-state index in [2.05, 4.69) is 110 Å². The lowest BCUT2D eigenvalue weighted by molar-refractivity contribution is 0.579. The Labute approximate surface area is 167 Å². The van der Waals surface area contributed by atoms with Crippen molar-refractivity contribution in [2.45, 2.75) is 25.2 Å². The van der Waals surface area contributed by atoms with Gasteiger partial charge in [0.1, 0.15) is 0 Å². The Bertz CT molecular complexity index is 1090. The molecule has 0 heteroatoms. The molecule has 4 aromatic carbocycles. The zero-order valence-electron chi connectivity index (χ0n) is 16.2. The Hall–Kier alpha value is -3.12. The van der Waals surface area contributed by atoms with Gasteiger partial charge in [0.05, 0.1) is 0 Å². The molecule has 0 nitrogen and oxygen atoms in total. The highest BCUT2D eigenvalue weighted by Gasteiger charge is 2.28. The minimum atomic E-state index is 0.478. The van der Waals surface area contributed by atoms with E-state index in [1.807, 2.05) is 0 Å². The molecule has 136 valence electrons. The van der Waals surface area contributed by atoms with Gasteiger partial charge in [0.2, 0.25) is 0 Å². The highest BCUT2D eigenvalue weighted by molar-refractivity contribution is 5.78. The molecule has 0 aliphatic heterocycles. The maximum absolute atomic E-state index is 2.39. The molecule has 2 atom stereocenters. The van der Waals surface area contributed by atoms with Crippen molar-refractivity contribution in [2.24, 2.45) is 0 Å². The lowest BCUT2D eigenvalue weighted by Crippen LogP contribution is -2.10. The van der Waals surface area contributed by atoms with Gasteiger partial charge in [-0.2, -0.15) is 0 Å². The first-order chi connectivity index (χ1) is 13.8. The van der Waals surface area contributed by atoms with E-state index >= 15 is 0 Å². The van der Waals surface area contributed by atoms with Crippen molar-refractivity contribution in [1.82, 2.24) is 0 Å². The largest absolute Gasteiger partial charge is 0.0622 e. The monoisotopic (exact) mass is 360 g/mol. The normalized spacial score (nSPS) is 18.0. The van der Waals surface area contributed by atoms with Crippen molar-refractivity contribution in [3.05, 3.63) is 120 Å². The molecule has 5 rings (SSSR count). The van der Waals surface area contributed by atoms with Crippen LogP contribution in [-0.2, 0) is 6.42 Å². The van der Waals surface area contributed by atoms with E-state index < -0.39 is 0 Å². The van der Waals surface area contributed by atoms with Gasteiger partial charge in [0.25, 0.3) is 0 Å². The van der Waals surface area contributed by atoms with Crippen molar-refractivity contribution in [3.63, 3.8) is 0 Å². The molecule has 0 spiro atoms. The van der Waals surface area contributed by atoms with E-state index in [4.69, 9.17) is 0 Å². The van der Waals surface area contributed by atoms with Gasteiger partial charge in [-0.1, -0.05) is 104 Å². The summed E-state index contributed by atoms with van der Waals surface area (Å²) in [5.74, 6) is 0.970. The van der Waals surface area contributed by atoms with E-state index in [1.165, 1.54) is 38.9 Å². The van der Waals surface area contributed by atoms with Crippen LogP contribution in [-0.4, -0.2) is 0 Å². The molecule has 0 amide bonds. The fourth-order valence-electron chi connectivity index (χ4n) is 4.69. The van der Waals surface area contributed by atoms with Crippen LogP contribution in [0.15, 0.2) is 103 Å². The van der Waals surface area contributed by atoms with E-state index in [1.54, 1.807) is 0 Å².